The fourth-order valence-corrected chi connectivity index (χ4v) is 1.46. The minimum absolute atomic E-state index is 0.388. The smallest absolute Gasteiger partial charge is 0.407 e. The van der Waals surface area contributed by atoms with Gasteiger partial charge in [-0.05, 0) is 39.0 Å². The lowest BCUT2D eigenvalue weighted by Gasteiger charge is -2.19. The van der Waals surface area contributed by atoms with Crippen LogP contribution >= 0.6 is 0 Å². The summed E-state index contributed by atoms with van der Waals surface area (Å²) in [7, 11) is 0. The minimum atomic E-state index is -0.512. The number of anilines is 1. The van der Waals surface area contributed by atoms with E-state index in [4.69, 9.17) is 15.7 Å². The molecular formula is C16H19N3O2. The lowest BCUT2D eigenvalue weighted by molar-refractivity contribution is 0.0529. The van der Waals surface area contributed by atoms with Crippen molar-refractivity contribution in [3.63, 3.8) is 0 Å². The normalized spacial score (nSPS) is 10.0. The number of nitrogen functional groups attached to an aromatic ring is 1. The SMILES string of the molecule is CC(C)(C)OC(=O)NCCC#Cc1ccc(N)cc1C#N. The van der Waals surface area contributed by atoms with Crippen molar-refractivity contribution in [2.45, 2.75) is 32.8 Å². The Morgan fingerprint density at radius 1 is 1.38 bits per heavy atom. The second kappa shape index (κ2) is 7.21. The largest absolute Gasteiger partial charge is 0.444 e. The number of ether oxygens (including phenoxy) is 1. The van der Waals surface area contributed by atoms with Crippen LogP contribution in [0.25, 0.3) is 0 Å². The molecule has 0 spiro atoms. The predicted molar refractivity (Wildman–Crippen MR) is 81.3 cm³/mol. The summed E-state index contributed by atoms with van der Waals surface area (Å²) >= 11 is 0. The van der Waals surface area contributed by atoms with Gasteiger partial charge in [0.15, 0.2) is 0 Å². The van der Waals surface area contributed by atoms with E-state index in [1.807, 2.05) is 6.07 Å². The van der Waals surface area contributed by atoms with Gasteiger partial charge in [-0.25, -0.2) is 4.79 Å². The van der Waals surface area contributed by atoms with Crippen molar-refractivity contribution in [2.24, 2.45) is 0 Å². The van der Waals surface area contributed by atoms with E-state index in [9.17, 15) is 4.79 Å². The summed E-state index contributed by atoms with van der Waals surface area (Å²) in [5, 5.41) is 11.6. The summed E-state index contributed by atoms with van der Waals surface area (Å²) in [6.07, 6.45) is 0.00333. The highest BCUT2D eigenvalue weighted by molar-refractivity contribution is 5.67. The maximum absolute atomic E-state index is 11.4. The standard InChI is InChI=1S/C16H19N3O2/c1-16(2,3)21-15(20)19-9-5-4-6-12-7-8-14(18)10-13(12)11-17/h7-8,10H,5,9,18H2,1-3H3,(H,19,20). The minimum Gasteiger partial charge on any atom is -0.444 e. The number of carbonyl (C=O) groups excluding carboxylic acids is 1. The molecule has 21 heavy (non-hydrogen) atoms. The van der Waals surface area contributed by atoms with E-state index in [1.54, 1.807) is 39.0 Å². The molecule has 1 rings (SSSR count). The van der Waals surface area contributed by atoms with Crippen molar-refractivity contribution >= 4 is 11.8 Å². The van der Waals surface area contributed by atoms with Crippen LogP contribution in [0.5, 0.6) is 0 Å². The maximum atomic E-state index is 11.4. The van der Waals surface area contributed by atoms with Gasteiger partial charge in [-0.15, -0.1) is 0 Å². The molecule has 0 heterocycles. The fraction of sp³-hybridized carbons (Fsp3) is 0.375. The van der Waals surface area contributed by atoms with Crippen LogP contribution in [0.2, 0.25) is 0 Å². The van der Waals surface area contributed by atoms with Crippen molar-refractivity contribution < 1.29 is 9.53 Å². The first-order valence-corrected chi connectivity index (χ1v) is 6.57. The van der Waals surface area contributed by atoms with Gasteiger partial charge in [0.25, 0.3) is 0 Å². The van der Waals surface area contributed by atoms with Crippen LogP contribution in [0.15, 0.2) is 18.2 Å². The van der Waals surface area contributed by atoms with Gasteiger partial charge >= 0.3 is 6.09 Å². The van der Waals surface area contributed by atoms with Crippen LogP contribution in [-0.2, 0) is 4.74 Å². The van der Waals surface area contributed by atoms with Crippen LogP contribution in [0.4, 0.5) is 10.5 Å². The Labute approximate surface area is 125 Å². The second-order valence-electron chi connectivity index (χ2n) is 5.40. The molecule has 0 bridgehead atoms. The van der Waals surface area contributed by atoms with E-state index in [2.05, 4.69) is 17.2 Å². The Hall–Kier alpha value is -2.66. The topological polar surface area (TPSA) is 88.1 Å². The molecule has 0 radical (unpaired) electrons. The Bertz CT molecular complexity index is 613. The molecule has 110 valence electrons. The zero-order valence-corrected chi connectivity index (χ0v) is 12.5. The molecule has 5 heteroatoms. The van der Waals surface area contributed by atoms with Gasteiger partial charge in [0.05, 0.1) is 5.56 Å². The Balaban J connectivity index is 2.48. The van der Waals surface area contributed by atoms with Crippen LogP contribution in [0, 0.1) is 23.2 Å². The van der Waals surface area contributed by atoms with Crippen LogP contribution in [0.3, 0.4) is 0 Å². The Morgan fingerprint density at radius 3 is 2.71 bits per heavy atom. The zero-order chi connectivity index (χ0) is 15.9. The van der Waals surface area contributed by atoms with Gasteiger partial charge in [-0.3, -0.25) is 0 Å². The quantitative estimate of drug-likeness (QED) is 0.496. The average molecular weight is 285 g/mol. The molecule has 1 amide bonds. The van der Waals surface area contributed by atoms with Crippen LogP contribution in [0.1, 0.15) is 38.3 Å². The third-order valence-corrected chi connectivity index (χ3v) is 2.31. The van der Waals surface area contributed by atoms with E-state index in [-0.39, 0.29) is 0 Å². The van der Waals surface area contributed by atoms with Gasteiger partial charge in [0, 0.05) is 24.2 Å². The number of nitrogens with two attached hydrogens (primary N) is 1. The van der Waals surface area contributed by atoms with Gasteiger partial charge in [-0.1, -0.05) is 11.8 Å². The molecular weight excluding hydrogens is 266 g/mol. The molecule has 0 atom stereocenters. The number of nitriles is 1. The number of alkyl carbamates (subject to hydrolysis) is 1. The molecule has 0 aromatic heterocycles. The number of nitrogens with zero attached hydrogens (tertiary/aromatic N) is 1. The molecule has 0 saturated heterocycles. The number of nitrogens with one attached hydrogen (secondary N) is 1. The zero-order valence-electron chi connectivity index (χ0n) is 12.5. The van der Waals surface area contributed by atoms with Crippen molar-refractivity contribution in [1.82, 2.24) is 5.32 Å². The molecule has 1 aromatic carbocycles. The van der Waals surface area contributed by atoms with Gasteiger partial charge in [0.1, 0.15) is 11.7 Å². The summed E-state index contributed by atoms with van der Waals surface area (Å²) in [5.74, 6) is 5.80. The Kier molecular flexibility index (Phi) is 5.63. The van der Waals surface area contributed by atoms with Crippen LogP contribution < -0.4 is 11.1 Å². The summed E-state index contributed by atoms with van der Waals surface area (Å²) < 4.78 is 5.10. The number of benzene rings is 1. The molecule has 0 aliphatic rings. The third kappa shape index (κ3) is 6.35. The molecule has 5 nitrogen and oxygen atoms in total. The predicted octanol–water partition coefficient (Wildman–Crippen LogP) is 2.41. The first kappa shape index (κ1) is 16.4. The van der Waals surface area contributed by atoms with Crippen molar-refractivity contribution in [3.8, 4) is 17.9 Å². The maximum Gasteiger partial charge on any atom is 0.407 e. The van der Waals surface area contributed by atoms with E-state index in [0.29, 0.717) is 29.8 Å². The van der Waals surface area contributed by atoms with Crippen LogP contribution in [-0.4, -0.2) is 18.2 Å². The summed E-state index contributed by atoms with van der Waals surface area (Å²) in [5.41, 5.74) is 6.70. The highest BCUT2D eigenvalue weighted by Gasteiger charge is 2.15. The summed E-state index contributed by atoms with van der Waals surface area (Å²) in [4.78, 5) is 11.4. The summed E-state index contributed by atoms with van der Waals surface area (Å²) in [6, 6.07) is 7.04. The number of rotatable bonds is 2. The van der Waals surface area contributed by atoms with E-state index < -0.39 is 11.7 Å². The van der Waals surface area contributed by atoms with Crippen molar-refractivity contribution in [3.05, 3.63) is 29.3 Å². The molecule has 0 aliphatic heterocycles. The Morgan fingerprint density at radius 2 is 2.10 bits per heavy atom. The molecule has 0 fully saturated rings. The lowest BCUT2D eigenvalue weighted by Crippen LogP contribution is -2.32. The van der Waals surface area contributed by atoms with Gasteiger partial charge in [-0.2, -0.15) is 5.26 Å². The first-order valence-electron chi connectivity index (χ1n) is 6.57. The molecule has 3 N–H and O–H groups in total. The molecule has 0 unspecified atom stereocenters. The lowest BCUT2D eigenvalue weighted by atomic mass is 10.1. The van der Waals surface area contributed by atoms with Crippen molar-refractivity contribution in [1.29, 1.82) is 5.26 Å². The van der Waals surface area contributed by atoms with Gasteiger partial charge < -0.3 is 15.8 Å². The van der Waals surface area contributed by atoms with Crippen molar-refractivity contribution in [2.75, 3.05) is 12.3 Å². The number of hydrogen-bond acceptors (Lipinski definition) is 4. The number of carbonyl (C=O) groups is 1. The average Bonchev–Trinajstić information content (AvgIpc) is 2.37. The third-order valence-electron chi connectivity index (χ3n) is 2.31. The van der Waals surface area contributed by atoms with E-state index in [0.717, 1.165) is 0 Å². The monoisotopic (exact) mass is 285 g/mol. The molecule has 0 saturated carbocycles. The second-order valence-corrected chi connectivity index (χ2v) is 5.40. The molecule has 1 aromatic rings. The van der Waals surface area contributed by atoms with E-state index >= 15 is 0 Å². The fourth-order valence-electron chi connectivity index (χ4n) is 1.46. The van der Waals surface area contributed by atoms with E-state index in [1.165, 1.54) is 0 Å². The molecule has 0 aliphatic carbocycles. The summed E-state index contributed by atoms with van der Waals surface area (Å²) in [6.45, 7) is 5.80. The van der Waals surface area contributed by atoms with Gasteiger partial charge in [0.2, 0.25) is 0 Å². The first-order chi connectivity index (χ1) is 9.81. The number of amides is 1. The highest BCUT2D eigenvalue weighted by atomic mass is 16.6. The number of hydrogen-bond donors (Lipinski definition) is 2. The highest BCUT2D eigenvalue weighted by Crippen LogP contribution is 2.11.